The molecule has 2 heterocycles. The average molecular weight is 330 g/mol. The van der Waals surface area contributed by atoms with Gasteiger partial charge in [-0.15, -0.1) is 4.68 Å². The molecule has 0 aliphatic heterocycles. The van der Waals surface area contributed by atoms with Crippen molar-refractivity contribution in [2.24, 2.45) is 0 Å². The number of para-hydroxylation sites is 1. The summed E-state index contributed by atoms with van der Waals surface area (Å²) >= 11 is 0. The largest absolute Gasteiger partial charge is 0.418 e. The molecule has 2 aromatic carbocycles. The van der Waals surface area contributed by atoms with Crippen molar-refractivity contribution < 1.29 is 4.68 Å². The molecule has 124 valence electrons. The van der Waals surface area contributed by atoms with Gasteiger partial charge in [-0.3, -0.25) is 0 Å². The predicted octanol–water partition coefficient (Wildman–Crippen LogP) is 3.43. The lowest BCUT2D eigenvalue weighted by Gasteiger charge is -2.06. The van der Waals surface area contributed by atoms with Gasteiger partial charge in [-0.05, 0) is 42.6 Å². The minimum absolute atomic E-state index is 0.701. The summed E-state index contributed by atoms with van der Waals surface area (Å²) in [6.07, 6.45) is 0. The van der Waals surface area contributed by atoms with Gasteiger partial charge in [0, 0.05) is 5.69 Å². The highest BCUT2D eigenvalue weighted by Crippen LogP contribution is 2.14. The van der Waals surface area contributed by atoms with Crippen LogP contribution in [0.4, 0.5) is 11.6 Å². The number of hydrogen-bond acceptors (Lipinski definition) is 3. The summed E-state index contributed by atoms with van der Waals surface area (Å²) in [4.78, 5) is 9.32. The number of benzene rings is 2. The zero-order valence-electron chi connectivity index (χ0n) is 14.3. The van der Waals surface area contributed by atoms with Gasteiger partial charge in [0.25, 0.3) is 0 Å². The van der Waals surface area contributed by atoms with E-state index >= 15 is 0 Å². The van der Waals surface area contributed by atoms with E-state index in [9.17, 15) is 0 Å². The summed E-state index contributed by atoms with van der Waals surface area (Å²) in [5.41, 5.74) is 4.28. The second-order valence-electron chi connectivity index (χ2n) is 6.12. The first-order valence-corrected chi connectivity index (χ1v) is 8.33. The van der Waals surface area contributed by atoms with Crippen molar-refractivity contribution in [1.29, 1.82) is 0 Å². The molecule has 4 rings (SSSR count). The molecule has 0 aliphatic rings. The molecular formula is C20H20N5+. The maximum Gasteiger partial charge on any atom is 0.418 e. The molecule has 0 saturated carbocycles. The van der Waals surface area contributed by atoms with Gasteiger partial charge in [0.2, 0.25) is 0 Å². The second kappa shape index (κ2) is 6.36. The first-order chi connectivity index (χ1) is 12.2. The zero-order valence-corrected chi connectivity index (χ0v) is 14.3. The molecule has 0 radical (unpaired) electrons. The van der Waals surface area contributed by atoms with E-state index in [0.29, 0.717) is 12.3 Å². The molecule has 0 unspecified atom stereocenters. The van der Waals surface area contributed by atoms with E-state index < -0.39 is 0 Å². The normalized spacial score (nSPS) is 11.0. The Morgan fingerprint density at radius 1 is 0.920 bits per heavy atom. The molecule has 0 fully saturated rings. The van der Waals surface area contributed by atoms with E-state index in [1.807, 2.05) is 43.3 Å². The Morgan fingerprint density at radius 2 is 1.60 bits per heavy atom. The van der Waals surface area contributed by atoms with Crippen molar-refractivity contribution in [3.63, 3.8) is 0 Å². The van der Waals surface area contributed by atoms with Crippen molar-refractivity contribution in [1.82, 2.24) is 14.5 Å². The summed E-state index contributed by atoms with van der Waals surface area (Å²) in [6.45, 7) is 4.79. The maximum absolute atomic E-state index is 4.73. The fraction of sp³-hybridized carbons (Fsp3) is 0.150. The van der Waals surface area contributed by atoms with E-state index in [1.165, 1.54) is 5.56 Å². The van der Waals surface area contributed by atoms with Gasteiger partial charge in [0.1, 0.15) is 6.54 Å². The highest BCUT2D eigenvalue weighted by atomic mass is 15.5. The van der Waals surface area contributed by atoms with Crippen LogP contribution in [0.5, 0.6) is 0 Å². The highest BCUT2D eigenvalue weighted by Gasteiger charge is 2.22. The monoisotopic (exact) mass is 330 g/mol. The number of nitrogens with one attached hydrogen (secondary N) is 1. The van der Waals surface area contributed by atoms with Crippen molar-refractivity contribution in [3.05, 3.63) is 83.7 Å². The van der Waals surface area contributed by atoms with Crippen LogP contribution in [0, 0.1) is 13.8 Å². The molecule has 5 heteroatoms. The standard InChI is InChI=1S/C20H19N5/c1-15-13-16(2)25-20(21-15)23-19(22-18-11-7-4-8-12-18)24(25)14-17-9-5-3-6-10-17/h3-13H,14H2,1-2H3/p+1. The van der Waals surface area contributed by atoms with E-state index in [2.05, 4.69) is 56.8 Å². The van der Waals surface area contributed by atoms with Crippen molar-refractivity contribution >= 4 is 17.4 Å². The lowest BCUT2D eigenvalue weighted by molar-refractivity contribution is -0.741. The lowest BCUT2D eigenvalue weighted by Crippen LogP contribution is -2.43. The van der Waals surface area contributed by atoms with E-state index in [0.717, 1.165) is 23.0 Å². The van der Waals surface area contributed by atoms with Gasteiger partial charge in [-0.25, -0.2) is 10.3 Å². The number of nitrogens with zero attached hydrogens (tertiary/aromatic N) is 4. The molecule has 0 bridgehead atoms. The number of aryl methyl sites for hydroxylation is 2. The summed E-state index contributed by atoms with van der Waals surface area (Å²) in [7, 11) is 0. The Bertz CT molecular complexity index is 1010. The van der Waals surface area contributed by atoms with E-state index in [4.69, 9.17) is 4.98 Å². The Labute approximate surface area is 146 Å². The number of aromatic nitrogens is 4. The van der Waals surface area contributed by atoms with Gasteiger partial charge in [-0.2, -0.15) is 4.52 Å². The third kappa shape index (κ3) is 3.08. The van der Waals surface area contributed by atoms with Crippen LogP contribution in [0.25, 0.3) is 5.78 Å². The molecule has 0 saturated heterocycles. The molecule has 0 amide bonds. The smallest absolute Gasteiger partial charge is 0.240 e. The number of hydrogen-bond donors (Lipinski definition) is 1. The van der Waals surface area contributed by atoms with Crippen LogP contribution in [-0.4, -0.2) is 14.5 Å². The molecule has 25 heavy (non-hydrogen) atoms. The molecule has 0 atom stereocenters. The number of anilines is 2. The molecule has 5 nitrogen and oxygen atoms in total. The third-order valence-electron chi connectivity index (χ3n) is 4.11. The fourth-order valence-corrected chi connectivity index (χ4v) is 3.02. The van der Waals surface area contributed by atoms with Gasteiger partial charge < -0.3 is 0 Å². The van der Waals surface area contributed by atoms with Gasteiger partial charge in [0.15, 0.2) is 0 Å². The van der Waals surface area contributed by atoms with Crippen molar-refractivity contribution in [2.75, 3.05) is 5.32 Å². The van der Waals surface area contributed by atoms with Crippen LogP contribution in [0.3, 0.4) is 0 Å². The Hall–Kier alpha value is -3.21. The Morgan fingerprint density at radius 3 is 2.32 bits per heavy atom. The number of rotatable bonds is 4. The molecule has 0 spiro atoms. The lowest BCUT2D eigenvalue weighted by atomic mass is 10.2. The SMILES string of the molecule is Cc1cc(C)n2c(n1)nc(Nc1ccccc1)[n+]2Cc1ccccc1. The van der Waals surface area contributed by atoms with Crippen molar-refractivity contribution in [3.8, 4) is 0 Å². The van der Waals surface area contributed by atoms with E-state index in [-0.39, 0.29) is 0 Å². The average Bonchev–Trinajstić information content (AvgIpc) is 2.94. The molecule has 1 N–H and O–H groups in total. The Balaban J connectivity index is 1.85. The zero-order chi connectivity index (χ0) is 17.2. The summed E-state index contributed by atoms with van der Waals surface area (Å²) in [5.74, 6) is 1.48. The van der Waals surface area contributed by atoms with Gasteiger partial charge >= 0.3 is 11.7 Å². The predicted molar refractivity (Wildman–Crippen MR) is 97.9 cm³/mol. The summed E-state index contributed by atoms with van der Waals surface area (Å²) in [5, 5.41) is 3.42. The number of fused-ring (bicyclic) bond motifs is 1. The maximum atomic E-state index is 4.73. The van der Waals surface area contributed by atoms with Crippen LogP contribution in [0.1, 0.15) is 17.0 Å². The van der Waals surface area contributed by atoms with E-state index in [1.54, 1.807) is 0 Å². The first-order valence-electron chi connectivity index (χ1n) is 8.33. The van der Waals surface area contributed by atoms with Crippen LogP contribution in [-0.2, 0) is 6.54 Å². The summed E-state index contributed by atoms with van der Waals surface area (Å²) < 4.78 is 4.19. The van der Waals surface area contributed by atoms with Crippen LogP contribution in [0.2, 0.25) is 0 Å². The minimum atomic E-state index is 0.701. The highest BCUT2D eigenvalue weighted by molar-refractivity contribution is 5.52. The second-order valence-corrected chi connectivity index (χ2v) is 6.12. The van der Waals surface area contributed by atoms with Crippen LogP contribution < -0.4 is 10.00 Å². The topological polar surface area (TPSA) is 46.1 Å². The molecule has 2 aromatic heterocycles. The van der Waals surface area contributed by atoms with Crippen LogP contribution in [0.15, 0.2) is 66.7 Å². The van der Waals surface area contributed by atoms with Crippen LogP contribution >= 0.6 is 0 Å². The third-order valence-corrected chi connectivity index (χ3v) is 4.11. The fourth-order valence-electron chi connectivity index (χ4n) is 3.02. The van der Waals surface area contributed by atoms with Gasteiger partial charge in [0.05, 0.1) is 11.4 Å². The summed E-state index contributed by atoms with van der Waals surface area (Å²) in [6, 6.07) is 22.5. The minimum Gasteiger partial charge on any atom is -0.240 e. The van der Waals surface area contributed by atoms with Gasteiger partial charge in [-0.1, -0.05) is 48.5 Å². The first kappa shape index (κ1) is 15.3. The molecule has 4 aromatic rings. The molecule has 0 aliphatic carbocycles. The quantitative estimate of drug-likeness (QED) is 0.583. The Kier molecular flexibility index (Phi) is 3.90. The van der Waals surface area contributed by atoms with Crippen molar-refractivity contribution in [2.45, 2.75) is 20.4 Å². The molecular weight excluding hydrogens is 310 g/mol.